The number of hydrogen-bond acceptors (Lipinski definition) is 3. The number of benzene rings is 1. The molecule has 1 aromatic carbocycles. The first-order valence-corrected chi connectivity index (χ1v) is 8.95. The average molecular weight is 381 g/mol. The predicted molar refractivity (Wildman–Crippen MR) is 90.6 cm³/mol. The molecule has 0 fully saturated rings. The number of rotatable bonds is 4. The molecule has 1 N–H and O–H groups in total. The summed E-state index contributed by atoms with van der Waals surface area (Å²) < 4.78 is 67.5. The number of halogens is 3. The van der Waals surface area contributed by atoms with Crippen LogP contribution in [0.5, 0.6) is 0 Å². The molecule has 0 aliphatic heterocycles. The lowest BCUT2D eigenvalue weighted by molar-refractivity contribution is -0.141. The van der Waals surface area contributed by atoms with Crippen LogP contribution in [0.4, 0.5) is 18.9 Å². The Morgan fingerprint density at radius 3 is 2.42 bits per heavy atom. The molecule has 0 unspecified atom stereocenters. The Kier molecular flexibility index (Phi) is 4.49. The third kappa shape index (κ3) is 3.72. The first-order chi connectivity index (χ1) is 12.2. The molecular weight excluding hydrogens is 367 g/mol. The number of aryl methyl sites for hydroxylation is 1. The summed E-state index contributed by atoms with van der Waals surface area (Å²) in [6.07, 6.45) is -0.320. The molecule has 2 aromatic heterocycles. The van der Waals surface area contributed by atoms with Gasteiger partial charge in [0.15, 0.2) is 0 Å². The number of anilines is 1. The van der Waals surface area contributed by atoms with Crippen molar-refractivity contribution in [3.8, 4) is 5.69 Å². The maximum Gasteiger partial charge on any atom is 0.433 e. The lowest BCUT2D eigenvalue weighted by atomic mass is 10.2. The van der Waals surface area contributed by atoms with E-state index in [4.69, 9.17) is 0 Å². The fourth-order valence-electron chi connectivity index (χ4n) is 2.32. The van der Waals surface area contributed by atoms with Gasteiger partial charge in [0.2, 0.25) is 0 Å². The van der Waals surface area contributed by atoms with Crippen LogP contribution < -0.4 is 4.72 Å². The zero-order valence-electron chi connectivity index (χ0n) is 13.5. The van der Waals surface area contributed by atoms with Crippen LogP contribution in [0.15, 0.2) is 66.0 Å². The van der Waals surface area contributed by atoms with E-state index in [0.717, 1.165) is 12.3 Å². The molecule has 0 spiro atoms. The van der Waals surface area contributed by atoms with Crippen LogP contribution in [0.3, 0.4) is 0 Å². The van der Waals surface area contributed by atoms with Crippen LogP contribution in [0.25, 0.3) is 5.69 Å². The first kappa shape index (κ1) is 18.0. The van der Waals surface area contributed by atoms with Crippen molar-refractivity contribution in [2.45, 2.75) is 18.0 Å². The van der Waals surface area contributed by atoms with Crippen molar-refractivity contribution >= 4 is 15.7 Å². The molecule has 0 radical (unpaired) electrons. The van der Waals surface area contributed by atoms with Gasteiger partial charge in [-0.3, -0.25) is 9.71 Å². The summed E-state index contributed by atoms with van der Waals surface area (Å²) >= 11 is 0. The van der Waals surface area contributed by atoms with Crippen LogP contribution in [0, 0.1) is 6.92 Å². The number of sulfonamides is 1. The zero-order chi connectivity index (χ0) is 18.9. The average Bonchev–Trinajstić information content (AvgIpc) is 3.10. The lowest BCUT2D eigenvalue weighted by Gasteiger charge is -2.14. The fraction of sp³-hybridized carbons (Fsp3) is 0.118. The highest BCUT2D eigenvalue weighted by Crippen LogP contribution is 2.29. The highest BCUT2D eigenvalue weighted by molar-refractivity contribution is 7.92. The maximum atomic E-state index is 12.8. The minimum absolute atomic E-state index is 0.279. The number of aromatic nitrogens is 2. The molecule has 3 aromatic rings. The molecule has 0 atom stereocenters. The van der Waals surface area contributed by atoms with E-state index >= 15 is 0 Å². The normalized spacial score (nSPS) is 12.2. The van der Waals surface area contributed by atoms with Gasteiger partial charge in [-0.05, 0) is 48.9 Å². The van der Waals surface area contributed by atoms with Gasteiger partial charge in [-0.15, -0.1) is 0 Å². The van der Waals surface area contributed by atoms with E-state index < -0.39 is 26.8 Å². The van der Waals surface area contributed by atoms with Crippen LogP contribution in [-0.2, 0) is 16.2 Å². The van der Waals surface area contributed by atoms with Crippen molar-refractivity contribution in [2.75, 3.05) is 4.72 Å². The van der Waals surface area contributed by atoms with Crippen LogP contribution >= 0.6 is 0 Å². The predicted octanol–water partition coefficient (Wildman–Crippen LogP) is 4.00. The second kappa shape index (κ2) is 6.49. The van der Waals surface area contributed by atoms with Crippen molar-refractivity contribution in [2.24, 2.45) is 0 Å². The highest BCUT2D eigenvalue weighted by Gasteiger charge is 2.33. The molecular formula is C17H14F3N3O2S. The molecule has 0 amide bonds. The first-order valence-electron chi connectivity index (χ1n) is 7.47. The molecule has 5 nitrogen and oxygen atoms in total. The van der Waals surface area contributed by atoms with E-state index in [1.165, 1.54) is 0 Å². The largest absolute Gasteiger partial charge is 0.433 e. The topological polar surface area (TPSA) is 64.0 Å². The summed E-state index contributed by atoms with van der Waals surface area (Å²) in [5.41, 5.74) is 0.360. The lowest BCUT2D eigenvalue weighted by Crippen LogP contribution is -2.16. The Hall–Kier alpha value is -2.81. The molecule has 136 valence electrons. The zero-order valence-corrected chi connectivity index (χ0v) is 14.3. The summed E-state index contributed by atoms with van der Waals surface area (Å²) in [5, 5.41) is 0. The monoisotopic (exact) mass is 381 g/mol. The molecule has 2 heterocycles. The van der Waals surface area contributed by atoms with Gasteiger partial charge in [0.05, 0.1) is 10.6 Å². The maximum absolute atomic E-state index is 12.8. The summed E-state index contributed by atoms with van der Waals surface area (Å²) in [7, 11) is -4.20. The number of nitrogens with zero attached hydrogens (tertiary/aromatic N) is 2. The minimum Gasteiger partial charge on any atom is -0.324 e. The standard InChI is InChI=1S/C17H14F3N3O2S/c1-12-4-5-13(23-8-2-3-9-23)10-15(12)22-26(24,25)14-6-7-21-16(11-14)17(18,19)20/h2-11,22H,1H3. The van der Waals surface area contributed by atoms with E-state index in [0.29, 0.717) is 17.3 Å². The number of alkyl halides is 3. The second-order valence-electron chi connectivity index (χ2n) is 5.57. The van der Waals surface area contributed by atoms with E-state index in [1.807, 2.05) is 12.1 Å². The van der Waals surface area contributed by atoms with Gasteiger partial charge in [0.25, 0.3) is 10.0 Å². The summed E-state index contributed by atoms with van der Waals surface area (Å²) in [5.74, 6) is 0. The van der Waals surface area contributed by atoms with Crippen LogP contribution in [0.2, 0.25) is 0 Å². The highest BCUT2D eigenvalue weighted by atomic mass is 32.2. The Labute approximate surface area is 148 Å². The van der Waals surface area contributed by atoms with E-state index in [9.17, 15) is 21.6 Å². The number of pyridine rings is 1. The molecule has 0 saturated carbocycles. The molecule has 0 bridgehead atoms. The smallest absolute Gasteiger partial charge is 0.324 e. The molecule has 9 heteroatoms. The van der Waals surface area contributed by atoms with E-state index in [1.54, 1.807) is 42.1 Å². The second-order valence-corrected chi connectivity index (χ2v) is 7.25. The van der Waals surface area contributed by atoms with Gasteiger partial charge < -0.3 is 4.57 Å². The summed E-state index contributed by atoms with van der Waals surface area (Å²) in [6, 6.07) is 10.3. The Balaban J connectivity index is 1.97. The fourth-order valence-corrected chi connectivity index (χ4v) is 3.46. The van der Waals surface area contributed by atoms with Gasteiger partial charge in [-0.25, -0.2) is 8.42 Å². The van der Waals surface area contributed by atoms with Gasteiger partial charge in [0.1, 0.15) is 5.69 Å². The van der Waals surface area contributed by atoms with Gasteiger partial charge in [-0.1, -0.05) is 6.07 Å². The minimum atomic E-state index is -4.73. The Morgan fingerprint density at radius 2 is 1.77 bits per heavy atom. The van der Waals surface area contributed by atoms with Crippen LogP contribution in [-0.4, -0.2) is 18.0 Å². The number of hydrogen-bond donors (Lipinski definition) is 1. The van der Waals surface area contributed by atoms with E-state index in [-0.39, 0.29) is 5.69 Å². The molecule has 0 saturated heterocycles. The third-order valence-corrected chi connectivity index (χ3v) is 5.06. The van der Waals surface area contributed by atoms with Crippen molar-refractivity contribution in [1.82, 2.24) is 9.55 Å². The van der Waals surface area contributed by atoms with Gasteiger partial charge >= 0.3 is 6.18 Å². The SMILES string of the molecule is Cc1ccc(-n2cccc2)cc1NS(=O)(=O)c1ccnc(C(F)(F)F)c1. The Bertz CT molecular complexity index is 1030. The van der Waals surface area contributed by atoms with Crippen molar-refractivity contribution in [3.05, 3.63) is 72.3 Å². The van der Waals surface area contributed by atoms with E-state index in [2.05, 4.69) is 9.71 Å². The van der Waals surface area contributed by atoms with Crippen molar-refractivity contribution in [1.29, 1.82) is 0 Å². The van der Waals surface area contributed by atoms with Crippen LogP contribution in [0.1, 0.15) is 11.3 Å². The molecule has 0 aliphatic rings. The molecule has 26 heavy (non-hydrogen) atoms. The molecule has 0 aliphatic carbocycles. The number of nitrogens with one attached hydrogen (secondary N) is 1. The van der Waals surface area contributed by atoms with Gasteiger partial charge in [0, 0.05) is 24.3 Å². The van der Waals surface area contributed by atoms with Crippen molar-refractivity contribution < 1.29 is 21.6 Å². The summed E-state index contributed by atoms with van der Waals surface area (Å²) in [6.45, 7) is 1.70. The third-order valence-electron chi connectivity index (χ3n) is 3.70. The van der Waals surface area contributed by atoms with Gasteiger partial charge in [-0.2, -0.15) is 13.2 Å². The quantitative estimate of drug-likeness (QED) is 0.743. The summed E-state index contributed by atoms with van der Waals surface area (Å²) in [4.78, 5) is 2.67. The van der Waals surface area contributed by atoms with Crippen molar-refractivity contribution in [3.63, 3.8) is 0 Å². The molecule has 3 rings (SSSR count). The Morgan fingerprint density at radius 1 is 1.08 bits per heavy atom.